The Morgan fingerprint density at radius 2 is 1.09 bits per heavy atom. The van der Waals surface area contributed by atoms with Crippen LogP contribution in [0, 0.1) is 0 Å². The largest absolute Gasteiger partial charge is 0.309 e. The number of aromatic nitrogens is 2. The van der Waals surface area contributed by atoms with Crippen molar-refractivity contribution >= 4 is 43.5 Å². The second-order valence-electron chi connectivity index (χ2n) is 15.6. The fourth-order valence-electron chi connectivity index (χ4n) is 9.69. The molecular formula is C52H34N2. The van der Waals surface area contributed by atoms with Crippen molar-refractivity contribution < 1.29 is 0 Å². The van der Waals surface area contributed by atoms with E-state index in [9.17, 15) is 0 Å². The van der Waals surface area contributed by atoms with E-state index in [0.29, 0.717) is 0 Å². The van der Waals surface area contributed by atoms with Gasteiger partial charge in [-0.05, 0) is 121 Å². The second-order valence-corrected chi connectivity index (χ2v) is 15.6. The lowest BCUT2D eigenvalue weighted by Crippen LogP contribution is -2.14. The monoisotopic (exact) mass is 686 g/mol. The van der Waals surface area contributed by atoms with Gasteiger partial charge in [-0.25, -0.2) is 4.98 Å². The minimum Gasteiger partial charge on any atom is -0.309 e. The highest BCUT2D eigenvalue weighted by Gasteiger charge is 2.35. The van der Waals surface area contributed by atoms with Crippen molar-refractivity contribution in [2.24, 2.45) is 0 Å². The van der Waals surface area contributed by atoms with Crippen molar-refractivity contribution in [3.8, 4) is 61.5 Å². The van der Waals surface area contributed by atoms with Gasteiger partial charge in [0.15, 0.2) is 0 Å². The summed E-state index contributed by atoms with van der Waals surface area (Å²) in [5, 5.41) is 6.19. The highest BCUT2D eigenvalue weighted by atomic mass is 15.0. The van der Waals surface area contributed by atoms with Crippen LogP contribution in [0.2, 0.25) is 0 Å². The van der Waals surface area contributed by atoms with E-state index in [1.807, 2.05) is 0 Å². The van der Waals surface area contributed by atoms with Gasteiger partial charge >= 0.3 is 0 Å². The third-order valence-electron chi connectivity index (χ3n) is 12.3. The number of nitrogens with zero attached hydrogens (tertiary/aromatic N) is 2. The maximum Gasteiger partial charge on any atom is 0.0722 e. The van der Waals surface area contributed by atoms with Gasteiger partial charge in [-0.2, -0.15) is 0 Å². The molecular weight excluding hydrogens is 653 g/mol. The molecule has 0 amide bonds. The minimum absolute atomic E-state index is 0.00397. The van der Waals surface area contributed by atoms with Gasteiger partial charge in [0.2, 0.25) is 0 Å². The first kappa shape index (κ1) is 29.8. The Balaban J connectivity index is 0.956. The van der Waals surface area contributed by atoms with E-state index in [4.69, 9.17) is 4.98 Å². The number of para-hydroxylation sites is 1. The molecule has 0 saturated carbocycles. The molecule has 0 aliphatic heterocycles. The Bertz CT molecular complexity index is 3250. The van der Waals surface area contributed by atoms with E-state index < -0.39 is 0 Å². The van der Waals surface area contributed by atoms with Crippen molar-refractivity contribution in [2.45, 2.75) is 19.3 Å². The average Bonchev–Trinajstić information content (AvgIpc) is 3.81. The minimum atomic E-state index is 0.00397. The Morgan fingerprint density at radius 3 is 2.00 bits per heavy atom. The maximum absolute atomic E-state index is 5.18. The fourth-order valence-corrected chi connectivity index (χ4v) is 9.69. The highest BCUT2D eigenvalue weighted by Crippen LogP contribution is 2.50. The average molecular weight is 687 g/mol. The van der Waals surface area contributed by atoms with Crippen molar-refractivity contribution in [1.29, 1.82) is 0 Å². The van der Waals surface area contributed by atoms with Gasteiger partial charge < -0.3 is 4.57 Å². The molecule has 2 nitrogen and oxygen atoms in total. The second kappa shape index (κ2) is 10.7. The van der Waals surface area contributed by atoms with Crippen LogP contribution in [0.1, 0.15) is 25.0 Å². The molecule has 0 spiro atoms. The molecule has 10 aromatic rings. The number of benzene rings is 8. The molecule has 12 rings (SSSR count). The van der Waals surface area contributed by atoms with Gasteiger partial charge in [-0.15, -0.1) is 0 Å². The van der Waals surface area contributed by atoms with Crippen molar-refractivity contribution in [2.75, 3.05) is 0 Å². The number of hydrogen-bond donors (Lipinski definition) is 0. The van der Waals surface area contributed by atoms with Gasteiger partial charge in [0.05, 0.1) is 22.2 Å². The van der Waals surface area contributed by atoms with Crippen LogP contribution in [0.15, 0.2) is 170 Å². The number of rotatable bonds is 3. The molecule has 2 aromatic heterocycles. The molecule has 8 aromatic carbocycles. The topological polar surface area (TPSA) is 17.8 Å². The third-order valence-corrected chi connectivity index (χ3v) is 12.3. The summed E-state index contributed by atoms with van der Waals surface area (Å²) in [6, 6.07) is 62.9. The number of pyridine rings is 1. The summed E-state index contributed by atoms with van der Waals surface area (Å²) in [5.74, 6) is 0. The molecule has 2 heterocycles. The van der Waals surface area contributed by atoms with Crippen LogP contribution in [-0.4, -0.2) is 9.55 Å². The lowest BCUT2D eigenvalue weighted by molar-refractivity contribution is 0.660. The summed E-state index contributed by atoms with van der Waals surface area (Å²) in [5.41, 5.74) is 19.9. The molecule has 2 aliphatic carbocycles. The summed E-state index contributed by atoms with van der Waals surface area (Å²) < 4.78 is 2.42. The molecule has 54 heavy (non-hydrogen) atoms. The van der Waals surface area contributed by atoms with Crippen LogP contribution in [0.5, 0.6) is 0 Å². The molecule has 0 radical (unpaired) electrons. The van der Waals surface area contributed by atoms with Gasteiger partial charge in [0.25, 0.3) is 0 Å². The Morgan fingerprint density at radius 1 is 0.426 bits per heavy atom. The zero-order chi connectivity index (χ0) is 35.7. The Labute approximate surface area is 313 Å². The standard InChI is InChI=1S/C52H34N2/c1-52(2)45-15-7-5-12-39(45)42-28-33(21-24-46(42)52)34-22-25-50-43(29-34)40-13-6-8-17-49(40)54(50)36-23-20-31-26-35(19-18-32(31)27-36)48-30-44-38-11-4-3-10-37(38)41-14-9-16-47(53-48)51(41)44/h3-30H,1-2H3. The highest BCUT2D eigenvalue weighted by molar-refractivity contribution is 6.15. The van der Waals surface area contributed by atoms with Crippen molar-refractivity contribution in [3.63, 3.8) is 0 Å². The van der Waals surface area contributed by atoms with E-state index in [2.05, 4.69) is 188 Å². The van der Waals surface area contributed by atoms with E-state index in [-0.39, 0.29) is 5.41 Å². The van der Waals surface area contributed by atoms with Crippen LogP contribution in [0.25, 0.3) is 105 Å². The number of hydrogen-bond acceptors (Lipinski definition) is 1. The molecule has 0 saturated heterocycles. The number of fused-ring (bicyclic) bond motifs is 10. The van der Waals surface area contributed by atoms with Crippen LogP contribution in [0.3, 0.4) is 0 Å². The zero-order valence-electron chi connectivity index (χ0n) is 30.1. The lowest BCUT2D eigenvalue weighted by Gasteiger charge is -2.21. The van der Waals surface area contributed by atoms with E-state index in [1.54, 1.807) is 0 Å². The molecule has 0 atom stereocenters. The van der Waals surface area contributed by atoms with Gasteiger partial charge in [0.1, 0.15) is 0 Å². The summed E-state index contributed by atoms with van der Waals surface area (Å²) >= 11 is 0. The third kappa shape index (κ3) is 4.03. The molecule has 252 valence electrons. The zero-order valence-corrected chi connectivity index (χ0v) is 30.1. The molecule has 0 unspecified atom stereocenters. The predicted octanol–water partition coefficient (Wildman–Crippen LogP) is 13.8. The quantitative estimate of drug-likeness (QED) is 0.181. The predicted molar refractivity (Wildman–Crippen MR) is 226 cm³/mol. The smallest absolute Gasteiger partial charge is 0.0722 e. The van der Waals surface area contributed by atoms with Crippen molar-refractivity contribution in [1.82, 2.24) is 9.55 Å². The normalized spacial score (nSPS) is 13.5. The summed E-state index contributed by atoms with van der Waals surface area (Å²) in [6.07, 6.45) is 0. The molecule has 0 fully saturated rings. The van der Waals surface area contributed by atoms with Gasteiger partial charge in [-0.3, -0.25) is 0 Å². The first-order valence-electron chi connectivity index (χ1n) is 18.9. The first-order chi connectivity index (χ1) is 26.5. The first-order valence-corrected chi connectivity index (χ1v) is 18.9. The van der Waals surface area contributed by atoms with Crippen LogP contribution >= 0.6 is 0 Å². The maximum atomic E-state index is 5.18. The summed E-state index contributed by atoms with van der Waals surface area (Å²) in [6.45, 7) is 4.68. The Kier molecular flexibility index (Phi) is 5.87. The molecule has 2 heteroatoms. The van der Waals surface area contributed by atoms with Crippen LogP contribution < -0.4 is 0 Å². The van der Waals surface area contributed by atoms with E-state index in [0.717, 1.165) is 22.5 Å². The van der Waals surface area contributed by atoms with E-state index >= 15 is 0 Å². The van der Waals surface area contributed by atoms with Gasteiger partial charge in [0, 0.05) is 32.8 Å². The molecule has 0 bridgehead atoms. The summed E-state index contributed by atoms with van der Waals surface area (Å²) in [4.78, 5) is 5.18. The molecule has 2 aliphatic rings. The fraction of sp³-hybridized carbons (Fsp3) is 0.0577. The Hall–Kier alpha value is -6.77. The van der Waals surface area contributed by atoms with Crippen molar-refractivity contribution in [3.05, 3.63) is 181 Å². The van der Waals surface area contributed by atoms with E-state index in [1.165, 1.54) is 93.6 Å². The molecule has 0 N–H and O–H groups in total. The van der Waals surface area contributed by atoms with Crippen LogP contribution in [0.4, 0.5) is 0 Å². The van der Waals surface area contributed by atoms with Crippen LogP contribution in [-0.2, 0) is 5.41 Å². The van der Waals surface area contributed by atoms with Gasteiger partial charge in [-0.1, -0.05) is 129 Å². The lowest BCUT2D eigenvalue weighted by atomic mass is 9.82. The summed E-state index contributed by atoms with van der Waals surface area (Å²) in [7, 11) is 0. The SMILES string of the molecule is CC1(C)c2ccccc2-c2cc(-c3ccc4c(c3)c3ccccc3n4-c3ccc4cc(-c5cc6c7c(cccc7n5)-c5ccccc5-6)ccc4c3)ccc21.